The molecule has 0 radical (unpaired) electrons. The summed E-state index contributed by atoms with van der Waals surface area (Å²) < 4.78 is 5.03. The molecule has 104 valence electrons. The number of carbonyl (C=O) groups is 1. The number of ketones is 1. The number of allylic oxidation sites excluding steroid dienone is 2. The summed E-state index contributed by atoms with van der Waals surface area (Å²) in [5.41, 5.74) is 1.01. The van der Waals surface area contributed by atoms with Crippen molar-refractivity contribution < 1.29 is 14.3 Å². The van der Waals surface area contributed by atoms with E-state index in [1.54, 1.807) is 12.1 Å². The monoisotopic (exact) mass is 282 g/mol. The highest BCUT2D eigenvalue weighted by Gasteiger charge is 2.09. The quantitative estimate of drug-likeness (QED) is 0.448. The average molecular weight is 283 g/mol. The number of hydrogen-bond acceptors (Lipinski definition) is 3. The summed E-state index contributed by atoms with van der Waals surface area (Å²) in [5, 5.41) is 9.62. The van der Waals surface area contributed by atoms with Crippen LogP contribution in [0.5, 0.6) is 0 Å². The Kier molecular flexibility index (Phi) is 6.60. The van der Waals surface area contributed by atoms with Crippen molar-refractivity contribution in [1.82, 2.24) is 0 Å². The molecule has 19 heavy (non-hydrogen) atoms. The Morgan fingerprint density at radius 1 is 1.63 bits per heavy atom. The van der Waals surface area contributed by atoms with Gasteiger partial charge in [0.2, 0.25) is 0 Å². The van der Waals surface area contributed by atoms with Gasteiger partial charge in [-0.2, -0.15) is 0 Å². The summed E-state index contributed by atoms with van der Waals surface area (Å²) in [6, 6.07) is 3.34. The number of aliphatic hydroxyl groups excluding tert-OH is 1. The number of furan rings is 1. The van der Waals surface area contributed by atoms with Crippen LogP contribution < -0.4 is 0 Å². The Labute approximate surface area is 118 Å². The topological polar surface area (TPSA) is 50.4 Å². The molecule has 0 aliphatic carbocycles. The second-order valence-electron chi connectivity index (χ2n) is 4.58. The van der Waals surface area contributed by atoms with E-state index in [1.807, 2.05) is 6.92 Å². The smallest absolute Gasteiger partial charge is 0.155 e. The molecule has 1 rings (SSSR count). The van der Waals surface area contributed by atoms with E-state index in [2.05, 4.69) is 6.58 Å². The Morgan fingerprint density at radius 3 is 2.95 bits per heavy atom. The summed E-state index contributed by atoms with van der Waals surface area (Å²) in [6.45, 7) is 5.70. The van der Waals surface area contributed by atoms with Gasteiger partial charge in [0.05, 0.1) is 6.26 Å². The molecule has 3 nitrogen and oxygen atoms in total. The van der Waals surface area contributed by atoms with Crippen molar-refractivity contribution in [2.24, 2.45) is 0 Å². The zero-order chi connectivity index (χ0) is 14.3. The van der Waals surface area contributed by atoms with Gasteiger partial charge in [-0.3, -0.25) is 4.79 Å². The van der Waals surface area contributed by atoms with Gasteiger partial charge in [-0.05, 0) is 44.1 Å². The highest BCUT2D eigenvalue weighted by molar-refractivity contribution is 6.20. The van der Waals surface area contributed by atoms with Crippen LogP contribution in [-0.2, 0) is 4.79 Å². The molecule has 0 saturated carbocycles. The van der Waals surface area contributed by atoms with Crippen LogP contribution >= 0.6 is 11.6 Å². The van der Waals surface area contributed by atoms with Crippen molar-refractivity contribution in [3.63, 3.8) is 0 Å². The third-order valence-electron chi connectivity index (χ3n) is 2.57. The summed E-state index contributed by atoms with van der Waals surface area (Å²) in [5.74, 6) is 0.361. The first-order chi connectivity index (χ1) is 8.99. The molecule has 0 bridgehead atoms. The van der Waals surface area contributed by atoms with Gasteiger partial charge in [0.1, 0.15) is 11.9 Å². The number of aliphatic hydroxyl groups is 1. The van der Waals surface area contributed by atoms with Crippen molar-refractivity contribution in [2.75, 3.05) is 0 Å². The zero-order valence-corrected chi connectivity index (χ0v) is 11.8. The van der Waals surface area contributed by atoms with E-state index < -0.39 is 6.10 Å². The molecular weight excluding hydrogens is 264 g/mol. The first-order valence-electron chi connectivity index (χ1n) is 6.20. The molecule has 0 spiro atoms. The lowest BCUT2D eigenvalue weighted by molar-refractivity contribution is -0.114. The lowest BCUT2D eigenvalue weighted by Gasteiger charge is -2.07. The Hall–Kier alpha value is -1.32. The molecule has 1 aromatic rings. The lowest BCUT2D eigenvalue weighted by atomic mass is 10.1. The first-order valence-corrected chi connectivity index (χ1v) is 6.63. The molecule has 0 amide bonds. The summed E-state index contributed by atoms with van der Waals surface area (Å²) >= 11 is 6.06. The second-order valence-corrected chi connectivity index (χ2v) is 5.20. The van der Waals surface area contributed by atoms with Gasteiger partial charge in [-0.15, -0.1) is 18.2 Å². The van der Waals surface area contributed by atoms with Gasteiger partial charge in [0.25, 0.3) is 0 Å². The first kappa shape index (κ1) is 15.7. The van der Waals surface area contributed by atoms with Crippen LogP contribution in [0.1, 0.15) is 38.1 Å². The van der Waals surface area contributed by atoms with Gasteiger partial charge in [0.15, 0.2) is 5.78 Å². The molecule has 1 heterocycles. The molecule has 4 heteroatoms. The van der Waals surface area contributed by atoms with Gasteiger partial charge >= 0.3 is 0 Å². The van der Waals surface area contributed by atoms with Crippen molar-refractivity contribution >= 4 is 17.4 Å². The van der Waals surface area contributed by atoms with E-state index in [-0.39, 0.29) is 11.2 Å². The van der Waals surface area contributed by atoms with Crippen LogP contribution in [-0.4, -0.2) is 16.3 Å². The fourth-order valence-electron chi connectivity index (χ4n) is 1.62. The van der Waals surface area contributed by atoms with Crippen LogP contribution in [0, 0.1) is 0 Å². The predicted octanol–water partition coefficient (Wildman–Crippen LogP) is 3.79. The maximum absolute atomic E-state index is 11.6. The number of carbonyl (C=O) groups excluding carboxylic acids is 1. The summed E-state index contributed by atoms with van der Waals surface area (Å²) in [6.07, 6.45) is 5.07. The van der Waals surface area contributed by atoms with Crippen molar-refractivity contribution in [2.45, 2.75) is 37.7 Å². The van der Waals surface area contributed by atoms with E-state index in [1.165, 1.54) is 18.4 Å². The van der Waals surface area contributed by atoms with E-state index >= 15 is 0 Å². The Morgan fingerprint density at radius 2 is 2.37 bits per heavy atom. The normalized spacial score (nSPS) is 14.5. The van der Waals surface area contributed by atoms with Gasteiger partial charge < -0.3 is 9.52 Å². The summed E-state index contributed by atoms with van der Waals surface area (Å²) in [4.78, 5) is 11.6. The standard InChI is InChI=1S/C15H19ClO3/c1-11(2)10-12(16)5-6-13(17)7-8-14(18)15-4-3-9-19-15/h3-4,7-9,12,14,18H,1,5-6,10H2,2H3/b8-7+. The van der Waals surface area contributed by atoms with E-state index in [0.29, 0.717) is 25.0 Å². The molecule has 0 fully saturated rings. The van der Waals surface area contributed by atoms with E-state index in [0.717, 1.165) is 5.57 Å². The molecular formula is C15H19ClO3. The van der Waals surface area contributed by atoms with Crippen molar-refractivity contribution in [3.8, 4) is 0 Å². The van der Waals surface area contributed by atoms with Crippen LogP contribution in [0.2, 0.25) is 0 Å². The van der Waals surface area contributed by atoms with Crippen LogP contribution in [0.25, 0.3) is 0 Å². The highest BCUT2D eigenvalue weighted by atomic mass is 35.5. The molecule has 0 aliphatic heterocycles. The fourth-order valence-corrected chi connectivity index (χ4v) is 1.99. The third-order valence-corrected chi connectivity index (χ3v) is 2.95. The van der Waals surface area contributed by atoms with Crippen LogP contribution in [0.15, 0.2) is 47.1 Å². The minimum atomic E-state index is -0.888. The number of hydrogen-bond donors (Lipinski definition) is 1. The molecule has 0 aliphatic rings. The molecule has 2 unspecified atom stereocenters. The minimum Gasteiger partial charge on any atom is -0.466 e. The molecule has 0 aromatic carbocycles. The Bertz CT molecular complexity index is 434. The Balaban J connectivity index is 2.33. The van der Waals surface area contributed by atoms with Crippen molar-refractivity contribution in [1.29, 1.82) is 0 Å². The van der Waals surface area contributed by atoms with Gasteiger partial charge in [-0.25, -0.2) is 0 Å². The van der Waals surface area contributed by atoms with Gasteiger partial charge in [-0.1, -0.05) is 5.57 Å². The van der Waals surface area contributed by atoms with Gasteiger partial charge in [0, 0.05) is 11.8 Å². The van der Waals surface area contributed by atoms with Crippen LogP contribution in [0.4, 0.5) is 0 Å². The minimum absolute atomic E-state index is 0.0574. The highest BCUT2D eigenvalue weighted by Crippen LogP contribution is 2.16. The van der Waals surface area contributed by atoms with E-state index in [4.69, 9.17) is 16.0 Å². The summed E-state index contributed by atoms with van der Waals surface area (Å²) in [7, 11) is 0. The lowest BCUT2D eigenvalue weighted by Crippen LogP contribution is -2.03. The zero-order valence-electron chi connectivity index (χ0n) is 11.0. The molecule has 2 atom stereocenters. The number of alkyl halides is 1. The molecule has 1 aromatic heterocycles. The molecule has 1 N–H and O–H groups in total. The average Bonchev–Trinajstić information content (AvgIpc) is 2.86. The van der Waals surface area contributed by atoms with Crippen LogP contribution in [0.3, 0.4) is 0 Å². The SMILES string of the molecule is C=C(C)CC(Cl)CCC(=O)/C=C/C(O)c1ccco1. The predicted molar refractivity (Wildman–Crippen MR) is 76.1 cm³/mol. The number of halogens is 1. The molecule has 0 saturated heterocycles. The maximum Gasteiger partial charge on any atom is 0.155 e. The van der Waals surface area contributed by atoms with Crippen molar-refractivity contribution in [3.05, 3.63) is 48.5 Å². The van der Waals surface area contributed by atoms with E-state index in [9.17, 15) is 9.90 Å². The third kappa shape index (κ3) is 6.41. The second kappa shape index (κ2) is 7.97. The number of rotatable bonds is 8. The fraction of sp³-hybridized carbons (Fsp3) is 0.400. The maximum atomic E-state index is 11.6. The largest absolute Gasteiger partial charge is 0.466 e.